The molecule has 0 aliphatic heterocycles. The van der Waals surface area contributed by atoms with Crippen LogP contribution in [0.4, 0.5) is 0 Å². The van der Waals surface area contributed by atoms with Crippen LogP contribution in [0.25, 0.3) is 0 Å². The molecular weight excluding hydrogens is 274 g/mol. The molecule has 5 nitrogen and oxygen atoms in total. The van der Waals surface area contributed by atoms with Gasteiger partial charge in [-0.25, -0.2) is 13.4 Å². The van der Waals surface area contributed by atoms with Crippen molar-refractivity contribution in [2.45, 2.75) is 36.8 Å². The standard InChI is InChI=1S/C11H16ClN3O2S/c1-14-7-13-11(10(14)12)18(16,17)15(9-4-5-9)6-8-2-3-8/h7-9H,2-6H2,1H3. The van der Waals surface area contributed by atoms with E-state index < -0.39 is 10.0 Å². The predicted molar refractivity (Wildman–Crippen MR) is 67.9 cm³/mol. The Kier molecular flexibility index (Phi) is 2.91. The number of imidazole rings is 1. The van der Waals surface area contributed by atoms with Crippen LogP contribution in [0, 0.1) is 5.92 Å². The number of nitrogens with zero attached hydrogens (tertiary/aromatic N) is 3. The average Bonchev–Trinajstić information content (AvgIpc) is 3.19. The third-order valence-electron chi connectivity index (χ3n) is 3.48. The zero-order chi connectivity index (χ0) is 12.9. The predicted octanol–water partition coefficient (Wildman–Crippen LogP) is 1.64. The van der Waals surface area contributed by atoms with Gasteiger partial charge in [-0.05, 0) is 31.6 Å². The van der Waals surface area contributed by atoms with Crippen molar-refractivity contribution < 1.29 is 8.42 Å². The Bertz CT molecular complexity index is 561. The summed E-state index contributed by atoms with van der Waals surface area (Å²) < 4.78 is 28.3. The lowest BCUT2D eigenvalue weighted by atomic mass is 10.4. The van der Waals surface area contributed by atoms with E-state index in [4.69, 9.17) is 11.6 Å². The minimum Gasteiger partial charge on any atom is -0.324 e. The molecule has 0 atom stereocenters. The van der Waals surface area contributed by atoms with Crippen LogP contribution in [0.3, 0.4) is 0 Å². The maximum Gasteiger partial charge on any atom is 0.263 e. The second-order valence-corrected chi connectivity index (χ2v) is 7.36. The summed E-state index contributed by atoms with van der Waals surface area (Å²) >= 11 is 6.01. The highest BCUT2D eigenvalue weighted by molar-refractivity contribution is 7.89. The Morgan fingerprint density at radius 2 is 2.11 bits per heavy atom. The van der Waals surface area contributed by atoms with Crippen LogP contribution >= 0.6 is 11.6 Å². The van der Waals surface area contributed by atoms with Crippen molar-refractivity contribution in [1.29, 1.82) is 0 Å². The Morgan fingerprint density at radius 3 is 2.56 bits per heavy atom. The molecule has 0 spiro atoms. The molecule has 7 heteroatoms. The molecule has 18 heavy (non-hydrogen) atoms. The van der Waals surface area contributed by atoms with Gasteiger partial charge in [-0.1, -0.05) is 11.6 Å². The van der Waals surface area contributed by atoms with Crippen LogP contribution in [-0.4, -0.2) is 34.9 Å². The Hall–Kier alpha value is -0.590. The molecule has 2 fully saturated rings. The van der Waals surface area contributed by atoms with E-state index in [1.54, 1.807) is 11.4 Å². The van der Waals surface area contributed by atoms with Crippen molar-refractivity contribution in [2.24, 2.45) is 13.0 Å². The van der Waals surface area contributed by atoms with Gasteiger partial charge in [-0.2, -0.15) is 4.31 Å². The summed E-state index contributed by atoms with van der Waals surface area (Å²) in [5, 5.41) is 0.190. The summed E-state index contributed by atoms with van der Waals surface area (Å²) in [4.78, 5) is 3.95. The van der Waals surface area contributed by atoms with Gasteiger partial charge in [-0.3, -0.25) is 0 Å². The van der Waals surface area contributed by atoms with Crippen LogP contribution < -0.4 is 0 Å². The lowest BCUT2D eigenvalue weighted by Gasteiger charge is -2.20. The van der Waals surface area contributed by atoms with E-state index in [1.165, 1.54) is 10.9 Å². The Balaban J connectivity index is 1.93. The lowest BCUT2D eigenvalue weighted by molar-refractivity contribution is 0.387. The number of rotatable bonds is 5. The first-order valence-corrected chi connectivity index (χ1v) is 8.00. The molecule has 0 saturated heterocycles. The highest BCUT2D eigenvalue weighted by Crippen LogP contribution is 2.38. The zero-order valence-corrected chi connectivity index (χ0v) is 11.8. The van der Waals surface area contributed by atoms with Crippen LogP contribution in [0.15, 0.2) is 11.4 Å². The molecule has 0 bridgehead atoms. The number of sulfonamides is 1. The number of aryl methyl sites for hydroxylation is 1. The first-order valence-electron chi connectivity index (χ1n) is 6.19. The molecule has 1 heterocycles. The third-order valence-corrected chi connectivity index (χ3v) is 5.89. The highest BCUT2D eigenvalue weighted by atomic mass is 35.5. The minimum atomic E-state index is -3.53. The van der Waals surface area contributed by atoms with E-state index in [9.17, 15) is 8.42 Å². The van der Waals surface area contributed by atoms with Gasteiger partial charge in [0.15, 0.2) is 0 Å². The fourth-order valence-electron chi connectivity index (χ4n) is 2.04. The van der Waals surface area contributed by atoms with Gasteiger partial charge in [0.1, 0.15) is 5.15 Å². The molecule has 100 valence electrons. The monoisotopic (exact) mass is 289 g/mol. The fraction of sp³-hybridized carbons (Fsp3) is 0.727. The Morgan fingerprint density at radius 1 is 1.44 bits per heavy atom. The van der Waals surface area contributed by atoms with E-state index in [0.29, 0.717) is 12.5 Å². The van der Waals surface area contributed by atoms with E-state index in [1.807, 2.05) is 0 Å². The maximum atomic E-state index is 12.6. The van der Waals surface area contributed by atoms with Crippen LogP contribution in [-0.2, 0) is 17.1 Å². The molecule has 0 radical (unpaired) electrons. The van der Waals surface area contributed by atoms with E-state index in [0.717, 1.165) is 25.7 Å². The second kappa shape index (κ2) is 4.21. The summed E-state index contributed by atoms with van der Waals surface area (Å²) in [5.74, 6) is 0.530. The lowest BCUT2D eigenvalue weighted by Crippen LogP contribution is -2.35. The normalized spacial score (nSPS) is 20.6. The molecule has 0 amide bonds. The van der Waals surface area contributed by atoms with Crippen molar-refractivity contribution in [3.63, 3.8) is 0 Å². The summed E-state index contributed by atoms with van der Waals surface area (Å²) in [6, 6.07) is 0.161. The molecule has 1 aromatic heterocycles. The maximum absolute atomic E-state index is 12.6. The van der Waals surface area contributed by atoms with Crippen molar-refractivity contribution in [2.75, 3.05) is 6.54 Å². The van der Waals surface area contributed by atoms with Crippen molar-refractivity contribution in [3.05, 3.63) is 11.5 Å². The summed E-state index contributed by atoms with van der Waals surface area (Å²) in [7, 11) is -1.84. The molecule has 2 aliphatic carbocycles. The molecule has 0 N–H and O–H groups in total. The van der Waals surface area contributed by atoms with Gasteiger partial charge in [0.25, 0.3) is 10.0 Å². The summed E-state index contributed by atoms with van der Waals surface area (Å²) in [6.45, 7) is 0.625. The van der Waals surface area contributed by atoms with Crippen molar-refractivity contribution in [3.8, 4) is 0 Å². The van der Waals surface area contributed by atoms with Crippen LogP contribution in [0.5, 0.6) is 0 Å². The van der Waals surface area contributed by atoms with Crippen molar-refractivity contribution in [1.82, 2.24) is 13.9 Å². The molecule has 3 rings (SSSR count). The van der Waals surface area contributed by atoms with Gasteiger partial charge >= 0.3 is 0 Å². The zero-order valence-electron chi connectivity index (χ0n) is 10.2. The molecule has 2 aliphatic rings. The Labute approximate surface area is 112 Å². The van der Waals surface area contributed by atoms with Crippen LogP contribution in [0.2, 0.25) is 5.15 Å². The molecular formula is C11H16ClN3O2S. The minimum absolute atomic E-state index is 0.000725. The summed E-state index contributed by atoms with van der Waals surface area (Å²) in [6.07, 6.45) is 5.62. The number of halogens is 1. The molecule has 2 saturated carbocycles. The fourth-order valence-corrected chi connectivity index (χ4v) is 4.19. The van der Waals surface area contributed by atoms with Gasteiger partial charge in [0, 0.05) is 19.6 Å². The largest absolute Gasteiger partial charge is 0.324 e. The summed E-state index contributed by atoms with van der Waals surface area (Å²) in [5.41, 5.74) is 0. The van der Waals surface area contributed by atoms with Crippen molar-refractivity contribution >= 4 is 21.6 Å². The topological polar surface area (TPSA) is 55.2 Å². The van der Waals surface area contributed by atoms with E-state index >= 15 is 0 Å². The highest BCUT2D eigenvalue weighted by Gasteiger charge is 2.42. The van der Waals surface area contributed by atoms with Gasteiger partial charge < -0.3 is 4.57 Å². The number of hydrogen-bond donors (Lipinski definition) is 0. The quantitative estimate of drug-likeness (QED) is 0.828. The molecule has 0 aromatic carbocycles. The van der Waals surface area contributed by atoms with E-state index in [-0.39, 0.29) is 16.2 Å². The first kappa shape index (κ1) is 12.4. The third kappa shape index (κ3) is 2.17. The van der Waals surface area contributed by atoms with Gasteiger partial charge in [0.2, 0.25) is 5.03 Å². The molecule has 1 aromatic rings. The number of aromatic nitrogens is 2. The second-order valence-electron chi connectivity index (χ2n) is 5.20. The van der Waals surface area contributed by atoms with E-state index in [2.05, 4.69) is 4.98 Å². The SMILES string of the molecule is Cn1cnc(S(=O)(=O)N(CC2CC2)C2CC2)c1Cl. The first-order chi connectivity index (χ1) is 8.50. The van der Waals surface area contributed by atoms with Gasteiger partial charge in [0.05, 0.1) is 6.33 Å². The average molecular weight is 290 g/mol. The number of hydrogen-bond acceptors (Lipinski definition) is 3. The molecule has 0 unspecified atom stereocenters. The van der Waals surface area contributed by atoms with Gasteiger partial charge in [-0.15, -0.1) is 0 Å². The smallest absolute Gasteiger partial charge is 0.263 e. The van der Waals surface area contributed by atoms with Crippen LogP contribution in [0.1, 0.15) is 25.7 Å².